The number of aryl methyl sites for hydroxylation is 2. The third kappa shape index (κ3) is 6.57. The normalized spacial score (nSPS) is 13.4. The highest BCUT2D eigenvalue weighted by atomic mass is 16.7. The van der Waals surface area contributed by atoms with Crippen molar-refractivity contribution in [1.82, 2.24) is 5.48 Å². The zero-order valence-corrected chi connectivity index (χ0v) is 12.5. The molecule has 1 rings (SSSR count). The molecule has 0 aliphatic carbocycles. The molecule has 0 aromatic heterocycles. The number of hydrogen-bond acceptors (Lipinski definition) is 4. The molecule has 4 heteroatoms. The largest absolute Gasteiger partial charge is 0.491 e. The van der Waals surface area contributed by atoms with E-state index in [1.54, 1.807) is 0 Å². The van der Waals surface area contributed by atoms with Gasteiger partial charge in [-0.05, 0) is 51.8 Å². The Balaban J connectivity index is 2.34. The summed E-state index contributed by atoms with van der Waals surface area (Å²) in [5, 5.41) is 9.80. The molecule has 1 aromatic carbocycles. The summed E-state index contributed by atoms with van der Waals surface area (Å²) in [6.45, 7) is 10.4. The number of nitrogens with one attached hydrogen (secondary N) is 1. The summed E-state index contributed by atoms with van der Waals surface area (Å²) in [7, 11) is 0. The lowest BCUT2D eigenvalue weighted by Gasteiger charge is -2.21. The van der Waals surface area contributed by atoms with Crippen molar-refractivity contribution < 1.29 is 14.7 Å². The Morgan fingerprint density at radius 1 is 1.26 bits per heavy atom. The molecule has 0 bridgehead atoms. The molecule has 0 amide bonds. The van der Waals surface area contributed by atoms with Gasteiger partial charge in [-0.15, -0.1) is 0 Å². The van der Waals surface area contributed by atoms with Gasteiger partial charge >= 0.3 is 0 Å². The highest BCUT2D eigenvalue weighted by Crippen LogP contribution is 2.19. The summed E-state index contributed by atoms with van der Waals surface area (Å²) < 4.78 is 5.62. The van der Waals surface area contributed by atoms with Gasteiger partial charge in [0, 0.05) is 0 Å². The Hall–Kier alpha value is -1.10. The molecule has 108 valence electrons. The van der Waals surface area contributed by atoms with Gasteiger partial charge in [-0.1, -0.05) is 12.1 Å². The molecule has 0 saturated carbocycles. The second-order valence-electron chi connectivity index (χ2n) is 5.80. The van der Waals surface area contributed by atoms with Gasteiger partial charge in [0.15, 0.2) is 0 Å². The predicted octanol–water partition coefficient (Wildman–Crippen LogP) is 2.36. The van der Waals surface area contributed by atoms with Crippen molar-refractivity contribution in [1.29, 1.82) is 0 Å². The molecule has 1 aromatic rings. The summed E-state index contributed by atoms with van der Waals surface area (Å²) in [4.78, 5) is 5.33. The second-order valence-corrected chi connectivity index (χ2v) is 5.80. The predicted molar refractivity (Wildman–Crippen MR) is 76.3 cm³/mol. The topological polar surface area (TPSA) is 50.7 Å². The minimum atomic E-state index is -0.609. The van der Waals surface area contributed by atoms with Crippen molar-refractivity contribution in [2.75, 3.05) is 13.2 Å². The van der Waals surface area contributed by atoms with Crippen LogP contribution in [0.15, 0.2) is 18.2 Å². The maximum Gasteiger partial charge on any atom is 0.122 e. The molecule has 2 N–H and O–H groups in total. The van der Waals surface area contributed by atoms with Crippen molar-refractivity contribution in [2.24, 2.45) is 0 Å². The average Bonchev–Trinajstić information content (AvgIpc) is 2.28. The van der Waals surface area contributed by atoms with Crippen LogP contribution in [0.4, 0.5) is 0 Å². The second kappa shape index (κ2) is 6.89. The van der Waals surface area contributed by atoms with E-state index < -0.39 is 6.10 Å². The minimum absolute atomic E-state index is 0.241. The first-order valence-electron chi connectivity index (χ1n) is 6.57. The third-order valence-corrected chi connectivity index (χ3v) is 2.47. The lowest BCUT2D eigenvalue weighted by atomic mass is 10.1. The van der Waals surface area contributed by atoms with Crippen LogP contribution in [-0.2, 0) is 4.84 Å². The van der Waals surface area contributed by atoms with Crippen molar-refractivity contribution in [3.8, 4) is 5.75 Å². The van der Waals surface area contributed by atoms with Gasteiger partial charge < -0.3 is 9.84 Å². The van der Waals surface area contributed by atoms with Crippen molar-refractivity contribution in [3.63, 3.8) is 0 Å². The Morgan fingerprint density at radius 3 is 2.58 bits per heavy atom. The molecule has 0 aliphatic heterocycles. The monoisotopic (exact) mass is 267 g/mol. The molecule has 4 nitrogen and oxygen atoms in total. The van der Waals surface area contributed by atoms with Gasteiger partial charge in [-0.2, -0.15) is 5.48 Å². The fourth-order valence-electron chi connectivity index (χ4n) is 1.46. The van der Waals surface area contributed by atoms with Gasteiger partial charge in [0.25, 0.3) is 0 Å². The van der Waals surface area contributed by atoms with Crippen LogP contribution >= 0.6 is 0 Å². The highest BCUT2D eigenvalue weighted by molar-refractivity contribution is 5.35. The molecular formula is C15H25NO3. The summed E-state index contributed by atoms with van der Waals surface area (Å²) >= 11 is 0. The van der Waals surface area contributed by atoms with Gasteiger partial charge in [0.2, 0.25) is 0 Å². The third-order valence-electron chi connectivity index (χ3n) is 2.47. The van der Waals surface area contributed by atoms with E-state index in [9.17, 15) is 5.11 Å². The summed E-state index contributed by atoms with van der Waals surface area (Å²) in [6, 6.07) is 6.02. The van der Waals surface area contributed by atoms with E-state index in [1.165, 1.54) is 0 Å². The standard InChI is InChI=1S/C15H25NO3/c1-11-6-7-12(2)14(8-11)18-10-13(17)9-16-19-15(3,4)5/h6-8,13,16-17H,9-10H2,1-5H3. The SMILES string of the molecule is Cc1ccc(C)c(OCC(O)CNOC(C)(C)C)c1. The summed E-state index contributed by atoms with van der Waals surface area (Å²) in [5.41, 5.74) is 4.70. The quantitative estimate of drug-likeness (QED) is 0.777. The van der Waals surface area contributed by atoms with Crippen LogP contribution in [0.5, 0.6) is 5.75 Å². The van der Waals surface area contributed by atoms with Crippen LogP contribution in [-0.4, -0.2) is 30.0 Å². The highest BCUT2D eigenvalue weighted by Gasteiger charge is 2.12. The Bertz CT molecular complexity index is 399. The fraction of sp³-hybridized carbons (Fsp3) is 0.600. The lowest BCUT2D eigenvalue weighted by Crippen LogP contribution is -2.36. The molecule has 0 heterocycles. The first-order valence-corrected chi connectivity index (χ1v) is 6.57. The molecule has 0 radical (unpaired) electrons. The van der Waals surface area contributed by atoms with Crippen LogP contribution in [0, 0.1) is 13.8 Å². The number of hydroxylamine groups is 1. The molecule has 19 heavy (non-hydrogen) atoms. The molecule has 1 atom stereocenters. The van der Waals surface area contributed by atoms with Gasteiger partial charge in [-0.25, -0.2) is 0 Å². The van der Waals surface area contributed by atoms with E-state index in [1.807, 2.05) is 52.8 Å². The van der Waals surface area contributed by atoms with Crippen molar-refractivity contribution >= 4 is 0 Å². The van der Waals surface area contributed by atoms with Crippen LogP contribution in [0.25, 0.3) is 0 Å². The van der Waals surface area contributed by atoms with E-state index in [0.29, 0.717) is 6.54 Å². The molecular weight excluding hydrogens is 242 g/mol. The van der Waals surface area contributed by atoms with Crippen LogP contribution < -0.4 is 10.2 Å². The zero-order chi connectivity index (χ0) is 14.5. The molecule has 1 unspecified atom stereocenters. The van der Waals surface area contributed by atoms with E-state index in [-0.39, 0.29) is 12.2 Å². The Kier molecular flexibility index (Phi) is 5.79. The van der Waals surface area contributed by atoms with E-state index in [4.69, 9.17) is 9.57 Å². The van der Waals surface area contributed by atoms with Crippen molar-refractivity contribution in [2.45, 2.75) is 46.3 Å². The molecule has 0 aliphatic rings. The number of aliphatic hydroxyl groups is 1. The number of aliphatic hydroxyl groups excluding tert-OH is 1. The summed E-state index contributed by atoms with van der Waals surface area (Å²) in [6.07, 6.45) is -0.609. The number of ether oxygens (including phenoxy) is 1. The minimum Gasteiger partial charge on any atom is -0.491 e. The van der Waals surface area contributed by atoms with Crippen LogP contribution in [0.2, 0.25) is 0 Å². The van der Waals surface area contributed by atoms with Gasteiger partial charge in [0.1, 0.15) is 18.5 Å². The summed E-state index contributed by atoms with van der Waals surface area (Å²) in [5.74, 6) is 0.816. The van der Waals surface area contributed by atoms with Crippen LogP contribution in [0.1, 0.15) is 31.9 Å². The maximum absolute atomic E-state index is 9.80. The van der Waals surface area contributed by atoms with E-state index in [2.05, 4.69) is 5.48 Å². The first kappa shape index (κ1) is 16.0. The first-order chi connectivity index (χ1) is 8.78. The van der Waals surface area contributed by atoms with Gasteiger partial charge in [-0.3, -0.25) is 4.84 Å². The van der Waals surface area contributed by atoms with Crippen LogP contribution in [0.3, 0.4) is 0 Å². The van der Waals surface area contributed by atoms with Gasteiger partial charge in [0.05, 0.1) is 12.1 Å². The Morgan fingerprint density at radius 2 is 1.95 bits per heavy atom. The van der Waals surface area contributed by atoms with Crippen molar-refractivity contribution in [3.05, 3.63) is 29.3 Å². The average molecular weight is 267 g/mol. The lowest BCUT2D eigenvalue weighted by molar-refractivity contribution is -0.0857. The molecule has 0 spiro atoms. The Labute approximate surface area is 115 Å². The molecule has 0 fully saturated rings. The fourth-order valence-corrected chi connectivity index (χ4v) is 1.46. The zero-order valence-electron chi connectivity index (χ0n) is 12.5. The maximum atomic E-state index is 9.80. The van der Waals surface area contributed by atoms with E-state index >= 15 is 0 Å². The number of benzene rings is 1. The molecule has 0 saturated heterocycles. The number of rotatable bonds is 6. The number of hydrogen-bond donors (Lipinski definition) is 2. The smallest absolute Gasteiger partial charge is 0.122 e. The van der Waals surface area contributed by atoms with E-state index in [0.717, 1.165) is 16.9 Å².